The summed E-state index contributed by atoms with van der Waals surface area (Å²) in [7, 11) is 3.15. The molecule has 5 N–H and O–H groups in total. The highest BCUT2D eigenvalue weighted by Crippen LogP contribution is 2.30. The Hall–Kier alpha value is -2.70. The summed E-state index contributed by atoms with van der Waals surface area (Å²) < 4.78 is 10.4. The third-order valence-electron chi connectivity index (χ3n) is 2.42. The molecule has 0 fully saturated rings. The number of benzene rings is 1. The molecule has 2 aromatic rings. The number of hydrogen-bond donors (Lipinski definition) is 3. The fourth-order valence-corrected chi connectivity index (χ4v) is 1.61. The first-order chi connectivity index (χ1) is 9.12. The summed E-state index contributed by atoms with van der Waals surface area (Å²) in [6, 6.07) is 6.99. The maximum absolute atomic E-state index is 5.60. The van der Waals surface area contributed by atoms with Crippen molar-refractivity contribution in [1.82, 2.24) is 9.97 Å². The van der Waals surface area contributed by atoms with Crippen molar-refractivity contribution in [3.8, 4) is 11.5 Å². The molecule has 0 saturated heterocycles. The van der Waals surface area contributed by atoms with E-state index in [4.69, 9.17) is 20.9 Å². The van der Waals surface area contributed by atoms with Crippen LogP contribution in [-0.2, 0) is 0 Å². The van der Waals surface area contributed by atoms with Crippen LogP contribution in [0.2, 0.25) is 0 Å². The molecule has 1 aromatic heterocycles. The Balaban J connectivity index is 2.28. The number of nitrogens with one attached hydrogen (secondary N) is 1. The number of nitrogens with zero attached hydrogens (tertiary/aromatic N) is 2. The Labute approximate surface area is 110 Å². The molecular formula is C12H15N5O2. The molecule has 100 valence electrons. The summed E-state index contributed by atoms with van der Waals surface area (Å²) in [6.07, 6.45) is 0. The Morgan fingerprint density at radius 1 is 1.00 bits per heavy atom. The normalized spacial score (nSPS) is 10.0. The minimum absolute atomic E-state index is 0.114. The van der Waals surface area contributed by atoms with E-state index in [9.17, 15) is 0 Å². The van der Waals surface area contributed by atoms with Gasteiger partial charge in [0.25, 0.3) is 0 Å². The molecule has 0 aliphatic heterocycles. The molecule has 7 heteroatoms. The van der Waals surface area contributed by atoms with Crippen molar-refractivity contribution >= 4 is 23.3 Å². The van der Waals surface area contributed by atoms with Crippen molar-refractivity contribution in [2.45, 2.75) is 0 Å². The lowest BCUT2D eigenvalue weighted by Crippen LogP contribution is -2.03. The molecule has 0 radical (unpaired) electrons. The third-order valence-corrected chi connectivity index (χ3v) is 2.42. The van der Waals surface area contributed by atoms with E-state index in [2.05, 4.69) is 15.3 Å². The fourth-order valence-electron chi connectivity index (χ4n) is 1.61. The Morgan fingerprint density at radius 2 is 1.74 bits per heavy atom. The molecule has 0 aliphatic rings. The van der Waals surface area contributed by atoms with Crippen LogP contribution in [-0.4, -0.2) is 24.2 Å². The van der Waals surface area contributed by atoms with Gasteiger partial charge in [-0.3, -0.25) is 0 Å². The van der Waals surface area contributed by atoms with Crippen LogP contribution in [0.15, 0.2) is 24.3 Å². The zero-order valence-corrected chi connectivity index (χ0v) is 10.7. The fraction of sp³-hybridized carbons (Fsp3) is 0.167. The third kappa shape index (κ3) is 2.95. The van der Waals surface area contributed by atoms with Gasteiger partial charge in [-0.2, -0.15) is 9.97 Å². The van der Waals surface area contributed by atoms with Crippen LogP contribution in [0.1, 0.15) is 0 Å². The first-order valence-corrected chi connectivity index (χ1v) is 5.51. The largest absolute Gasteiger partial charge is 0.493 e. The SMILES string of the molecule is COc1ccc(Nc2cc(N)nc(N)n2)cc1OC. The van der Waals surface area contributed by atoms with Gasteiger partial charge in [-0.1, -0.05) is 0 Å². The topological polar surface area (TPSA) is 108 Å². The smallest absolute Gasteiger partial charge is 0.223 e. The number of rotatable bonds is 4. The molecule has 0 spiro atoms. The number of anilines is 4. The van der Waals surface area contributed by atoms with Crippen LogP contribution in [0.3, 0.4) is 0 Å². The minimum atomic E-state index is 0.114. The molecule has 7 nitrogen and oxygen atoms in total. The van der Waals surface area contributed by atoms with Crippen LogP contribution in [0.25, 0.3) is 0 Å². The van der Waals surface area contributed by atoms with Gasteiger partial charge in [0.15, 0.2) is 11.5 Å². The van der Waals surface area contributed by atoms with Crippen molar-refractivity contribution in [1.29, 1.82) is 0 Å². The van der Waals surface area contributed by atoms with Gasteiger partial charge in [0.1, 0.15) is 11.6 Å². The van der Waals surface area contributed by atoms with Gasteiger partial charge in [-0.25, -0.2) is 0 Å². The van der Waals surface area contributed by atoms with Crippen molar-refractivity contribution in [3.05, 3.63) is 24.3 Å². The predicted molar refractivity (Wildman–Crippen MR) is 73.7 cm³/mol. The zero-order chi connectivity index (χ0) is 13.8. The van der Waals surface area contributed by atoms with Gasteiger partial charge in [-0.05, 0) is 12.1 Å². The number of methoxy groups -OCH3 is 2. The van der Waals surface area contributed by atoms with Gasteiger partial charge in [0.05, 0.1) is 14.2 Å². The minimum Gasteiger partial charge on any atom is -0.493 e. The van der Waals surface area contributed by atoms with Crippen LogP contribution in [0.4, 0.5) is 23.3 Å². The molecule has 2 rings (SSSR count). The predicted octanol–water partition coefficient (Wildman–Crippen LogP) is 1.40. The van der Waals surface area contributed by atoms with E-state index in [1.54, 1.807) is 32.4 Å². The maximum Gasteiger partial charge on any atom is 0.223 e. The molecule has 0 bridgehead atoms. The lowest BCUT2D eigenvalue weighted by molar-refractivity contribution is 0.355. The van der Waals surface area contributed by atoms with Crippen molar-refractivity contribution < 1.29 is 9.47 Å². The summed E-state index contributed by atoms with van der Waals surface area (Å²) in [5.74, 6) is 2.19. The van der Waals surface area contributed by atoms with Gasteiger partial charge in [-0.15, -0.1) is 0 Å². The lowest BCUT2D eigenvalue weighted by atomic mass is 10.2. The van der Waals surface area contributed by atoms with E-state index in [1.807, 2.05) is 6.07 Å². The molecule has 0 saturated carbocycles. The summed E-state index contributed by atoms with van der Waals surface area (Å²) in [4.78, 5) is 7.83. The van der Waals surface area contributed by atoms with E-state index in [0.717, 1.165) is 5.69 Å². The number of hydrogen-bond acceptors (Lipinski definition) is 7. The van der Waals surface area contributed by atoms with E-state index in [0.29, 0.717) is 23.1 Å². The highest BCUT2D eigenvalue weighted by molar-refractivity contribution is 5.63. The first-order valence-electron chi connectivity index (χ1n) is 5.51. The Morgan fingerprint density at radius 3 is 2.37 bits per heavy atom. The maximum atomic E-state index is 5.60. The average Bonchev–Trinajstić information content (AvgIpc) is 2.37. The molecule has 0 atom stereocenters. The number of nitrogen functional groups attached to an aromatic ring is 2. The summed E-state index contributed by atoms with van der Waals surface area (Å²) >= 11 is 0. The first kappa shape index (κ1) is 12.7. The highest BCUT2D eigenvalue weighted by Gasteiger charge is 2.06. The molecule has 0 aliphatic carbocycles. The molecule has 0 unspecified atom stereocenters. The highest BCUT2D eigenvalue weighted by atomic mass is 16.5. The molecule has 1 aromatic carbocycles. The van der Waals surface area contributed by atoms with E-state index < -0.39 is 0 Å². The second kappa shape index (κ2) is 5.30. The van der Waals surface area contributed by atoms with Gasteiger partial charge in [0, 0.05) is 17.8 Å². The number of ether oxygens (including phenoxy) is 2. The van der Waals surface area contributed by atoms with E-state index in [-0.39, 0.29) is 5.95 Å². The summed E-state index contributed by atoms with van der Waals surface area (Å²) in [6.45, 7) is 0. The molecular weight excluding hydrogens is 246 g/mol. The molecule has 1 heterocycles. The molecule has 19 heavy (non-hydrogen) atoms. The Bertz CT molecular complexity index is 568. The Kier molecular flexibility index (Phi) is 3.56. The van der Waals surface area contributed by atoms with Crippen LogP contribution >= 0.6 is 0 Å². The second-order valence-corrected chi connectivity index (χ2v) is 3.73. The summed E-state index contributed by atoms with van der Waals surface area (Å²) in [5.41, 5.74) is 11.9. The van der Waals surface area contributed by atoms with Crippen LogP contribution < -0.4 is 26.3 Å². The lowest BCUT2D eigenvalue weighted by Gasteiger charge is -2.11. The van der Waals surface area contributed by atoms with E-state index in [1.165, 1.54) is 0 Å². The number of aromatic nitrogens is 2. The standard InChI is InChI=1S/C12H15N5O2/c1-18-8-4-3-7(5-9(8)19-2)15-11-6-10(13)16-12(14)17-11/h3-6H,1-2H3,(H5,13,14,15,16,17). The van der Waals surface area contributed by atoms with Crippen LogP contribution in [0.5, 0.6) is 11.5 Å². The van der Waals surface area contributed by atoms with Gasteiger partial charge < -0.3 is 26.3 Å². The van der Waals surface area contributed by atoms with E-state index >= 15 is 0 Å². The van der Waals surface area contributed by atoms with Crippen molar-refractivity contribution in [2.75, 3.05) is 31.0 Å². The number of nitrogens with two attached hydrogens (primary N) is 2. The summed E-state index contributed by atoms with van der Waals surface area (Å²) in [5, 5.41) is 3.06. The van der Waals surface area contributed by atoms with Crippen molar-refractivity contribution in [3.63, 3.8) is 0 Å². The van der Waals surface area contributed by atoms with Gasteiger partial charge >= 0.3 is 0 Å². The average molecular weight is 261 g/mol. The van der Waals surface area contributed by atoms with Gasteiger partial charge in [0.2, 0.25) is 5.95 Å². The van der Waals surface area contributed by atoms with Crippen molar-refractivity contribution in [2.24, 2.45) is 0 Å². The molecule has 0 amide bonds. The second-order valence-electron chi connectivity index (χ2n) is 3.73. The zero-order valence-electron chi connectivity index (χ0n) is 10.7. The van der Waals surface area contributed by atoms with Crippen LogP contribution in [0, 0.1) is 0 Å². The monoisotopic (exact) mass is 261 g/mol. The quantitative estimate of drug-likeness (QED) is 0.763.